The van der Waals surface area contributed by atoms with Crippen molar-refractivity contribution in [1.29, 1.82) is 0 Å². The summed E-state index contributed by atoms with van der Waals surface area (Å²) in [6.07, 6.45) is 0. The normalized spacial score (nSPS) is 10.5. The number of nitrogens with two attached hydrogens (primary N) is 1. The monoisotopic (exact) mass is 340 g/mol. The zero-order chi connectivity index (χ0) is 17.6. The van der Waals surface area contributed by atoms with Crippen molar-refractivity contribution in [1.82, 2.24) is 4.98 Å². The summed E-state index contributed by atoms with van der Waals surface area (Å²) in [4.78, 5) is 9.14. The number of benzene rings is 2. The lowest BCUT2D eigenvalue weighted by atomic mass is 10.1. The van der Waals surface area contributed by atoms with Gasteiger partial charge in [-0.25, -0.2) is 10.3 Å². The zero-order valence-electron chi connectivity index (χ0n) is 13.6. The minimum absolute atomic E-state index is 0.190. The van der Waals surface area contributed by atoms with Crippen molar-refractivity contribution in [2.75, 3.05) is 7.11 Å². The summed E-state index contributed by atoms with van der Waals surface area (Å²) in [5, 5.41) is 0. The molecule has 25 heavy (non-hydrogen) atoms. The van der Waals surface area contributed by atoms with Crippen LogP contribution in [0.3, 0.4) is 0 Å². The van der Waals surface area contributed by atoms with Crippen LogP contribution < -0.4 is 15.4 Å². The van der Waals surface area contributed by atoms with Gasteiger partial charge < -0.3 is 9.47 Å². The Bertz CT molecular complexity index is 836. The molecule has 0 fully saturated rings. The van der Waals surface area contributed by atoms with Crippen molar-refractivity contribution in [3.8, 4) is 28.5 Å². The van der Waals surface area contributed by atoms with E-state index >= 15 is 0 Å². The quantitative estimate of drug-likeness (QED) is 0.685. The van der Waals surface area contributed by atoms with Gasteiger partial charge in [-0.05, 0) is 48.5 Å². The van der Waals surface area contributed by atoms with Crippen LogP contribution >= 0.6 is 0 Å². The third-order valence-electron chi connectivity index (χ3n) is 3.52. The minimum Gasteiger partial charge on any atom is -0.497 e. The number of pyridine rings is 1. The molecule has 1 aromatic heterocycles. The SMILES string of the molecule is COc1cc(CON)nc(-c2ccc(Oc3ccc(F)cc3)cc2)c1. The molecule has 3 aromatic rings. The molecule has 0 aliphatic heterocycles. The second-order valence-corrected chi connectivity index (χ2v) is 5.27. The predicted molar refractivity (Wildman–Crippen MR) is 91.7 cm³/mol. The third kappa shape index (κ3) is 4.32. The van der Waals surface area contributed by atoms with Crippen LogP contribution in [-0.2, 0) is 11.4 Å². The molecule has 0 spiro atoms. The van der Waals surface area contributed by atoms with Crippen LogP contribution in [0.15, 0.2) is 60.7 Å². The van der Waals surface area contributed by atoms with Gasteiger partial charge in [0.15, 0.2) is 0 Å². The summed E-state index contributed by atoms with van der Waals surface area (Å²) in [5.74, 6) is 6.70. The Morgan fingerprint density at radius 1 is 0.920 bits per heavy atom. The van der Waals surface area contributed by atoms with Crippen LogP contribution in [0.2, 0.25) is 0 Å². The van der Waals surface area contributed by atoms with Crippen LogP contribution in [0.25, 0.3) is 11.3 Å². The highest BCUT2D eigenvalue weighted by molar-refractivity contribution is 5.62. The number of halogens is 1. The molecule has 0 saturated heterocycles. The van der Waals surface area contributed by atoms with Gasteiger partial charge >= 0.3 is 0 Å². The maximum Gasteiger partial charge on any atom is 0.127 e. The fourth-order valence-corrected chi connectivity index (χ4v) is 2.32. The van der Waals surface area contributed by atoms with E-state index in [0.717, 1.165) is 11.3 Å². The lowest BCUT2D eigenvalue weighted by Gasteiger charge is -2.09. The number of ether oxygens (including phenoxy) is 2. The van der Waals surface area contributed by atoms with Crippen LogP contribution in [0.5, 0.6) is 17.2 Å². The number of nitrogens with zero attached hydrogens (tertiary/aromatic N) is 1. The number of hydrogen-bond acceptors (Lipinski definition) is 5. The topological polar surface area (TPSA) is 66.6 Å². The summed E-state index contributed by atoms with van der Waals surface area (Å²) >= 11 is 0. The summed E-state index contributed by atoms with van der Waals surface area (Å²) in [7, 11) is 1.59. The van der Waals surface area contributed by atoms with Crippen molar-refractivity contribution < 1.29 is 18.7 Å². The molecule has 0 aliphatic rings. The first-order valence-corrected chi connectivity index (χ1v) is 7.58. The van der Waals surface area contributed by atoms with Gasteiger partial charge in [-0.15, -0.1) is 0 Å². The summed E-state index contributed by atoms with van der Waals surface area (Å²) in [6, 6.07) is 16.9. The Kier molecular flexibility index (Phi) is 5.23. The Balaban J connectivity index is 1.82. The fraction of sp³-hybridized carbons (Fsp3) is 0.105. The molecule has 0 aliphatic carbocycles. The van der Waals surface area contributed by atoms with Gasteiger partial charge in [0, 0.05) is 17.7 Å². The van der Waals surface area contributed by atoms with E-state index in [0.29, 0.717) is 22.9 Å². The van der Waals surface area contributed by atoms with Crippen molar-refractivity contribution in [2.24, 2.45) is 5.90 Å². The molecule has 2 aromatic carbocycles. The molecule has 6 heteroatoms. The Labute approximate surface area is 144 Å². The Hall–Kier alpha value is -2.96. The number of hydrogen-bond donors (Lipinski definition) is 1. The van der Waals surface area contributed by atoms with E-state index in [1.165, 1.54) is 12.1 Å². The minimum atomic E-state index is -0.302. The number of methoxy groups -OCH3 is 1. The first kappa shape index (κ1) is 16.9. The molecular weight excluding hydrogens is 323 g/mol. The first-order valence-electron chi connectivity index (χ1n) is 7.58. The third-order valence-corrected chi connectivity index (χ3v) is 3.52. The highest BCUT2D eigenvalue weighted by atomic mass is 19.1. The van der Waals surface area contributed by atoms with Gasteiger partial charge in [-0.2, -0.15) is 0 Å². The van der Waals surface area contributed by atoms with Gasteiger partial charge in [0.25, 0.3) is 0 Å². The van der Waals surface area contributed by atoms with Gasteiger partial charge in [-0.3, -0.25) is 9.82 Å². The summed E-state index contributed by atoms with van der Waals surface area (Å²) in [5.41, 5.74) is 2.30. The van der Waals surface area contributed by atoms with Crippen LogP contribution in [0.4, 0.5) is 4.39 Å². The lowest BCUT2D eigenvalue weighted by molar-refractivity contribution is 0.121. The molecule has 5 nitrogen and oxygen atoms in total. The molecule has 0 saturated carbocycles. The van der Waals surface area contributed by atoms with Crippen molar-refractivity contribution in [3.63, 3.8) is 0 Å². The van der Waals surface area contributed by atoms with E-state index in [1.54, 1.807) is 25.3 Å². The van der Waals surface area contributed by atoms with Gasteiger partial charge in [0.05, 0.1) is 18.5 Å². The lowest BCUT2D eigenvalue weighted by Crippen LogP contribution is -2.02. The van der Waals surface area contributed by atoms with Crippen molar-refractivity contribution in [2.45, 2.75) is 6.61 Å². The van der Waals surface area contributed by atoms with E-state index in [4.69, 9.17) is 15.4 Å². The molecule has 0 unspecified atom stereocenters. The standard InChI is InChI=1S/C19H17FN2O3/c1-23-18-10-15(12-24-21)22-19(11-18)13-2-6-16(7-3-13)25-17-8-4-14(20)5-9-17/h2-11H,12,21H2,1H3. The Morgan fingerprint density at radius 3 is 2.16 bits per heavy atom. The van der Waals surface area contributed by atoms with E-state index < -0.39 is 0 Å². The van der Waals surface area contributed by atoms with Crippen LogP contribution in [-0.4, -0.2) is 12.1 Å². The van der Waals surface area contributed by atoms with E-state index in [1.807, 2.05) is 30.3 Å². The highest BCUT2D eigenvalue weighted by Crippen LogP contribution is 2.27. The van der Waals surface area contributed by atoms with E-state index in [9.17, 15) is 4.39 Å². The molecule has 0 amide bonds. The van der Waals surface area contributed by atoms with Crippen LogP contribution in [0.1, 0.15) is 5.69 Å². The molecule has 1 heterocycles. The summed E-state index contributed by atoms with van der Waals surface area (Å²) in [6.45, 7) is 0.190. The van der Waals surface area contributed by atoms with E-state index in [-0.39, 0.29) is 12.4 Å². The average Bonchev–Trinajstić information content (AvgIpc) is 2.64. The second-order valence-electron chi connectivity index (χ2n) is 5.27. The van der Waals surface area contributed by atoms with Gasteiger partial charge in [-0.1, -0.05) is 0 Å². The largest absolute Gasteiger partial charge is 0.497 e. The molecule has 0 bridgehead atoms. The second kappa shape index (κ2) is 7.74. The molecular formula is C19H17FN2O3. The molecule has 2 N–H and O–H groups in total. The van der Waals surface area contributed by atoms with Gasteiger partial charge in [0.2, 0.25) is 0 Å². The maximum absolute atomic E-state index is 12.9. The molecule has 3 rings (SSSR count). The zero-order valence-corrected chi connectivity index (χ0v) is 13.6. The Morgan fingerprint density at radius 2 is 1.56 bits per heavy atom. The molecule has 128 valence electrons. The van der Waals surface area contributed by atoms with Crippen molar-refractivity contribution >= 4 is 0 Å². The van der Waals surface area contributed by atoms with Crippen LogP contribution in [0, 0.1) is 5.82 Å². The number of aromatic nitrogens is 1. The predicted octanol–water partition coefficient (Wildman–Crippen LogP) is 4.08. The maximum atomic E-state index is 12.9. The average molecular weight is 340 g/mol. The summed E-state index contributed by atoms with van der Waals surface area (Å²) < 4.78 is 23.9. The van der Waals surface area contributed by atoms with Crippen molar-refractivity contribution in [3.05, 3.63) is 72.2 Å². The fourth-order valence-electron chi connectivity index (χ4n) is 2.32. The highest BCUT2D eigenvalue weighted by Gasteiger charge is 2.07. The molecule has 0 atom stereocenters. The number of rotatable bonds is 6. The van der Waals surface area contributed by atoms with Gasteiger partial charge in [0.1, 0.15) is 29.7 Å². The first-order chi connectivity index (χ1) is 12.2. The van der Waals surface area contributed by atoms with E-state index in [2.05, 4.69) is 9.82 Å². The molecule has 0 radical (unpaired) electrons. The smallest absolute Gasteiger partial charge is 0.127 e.